The van der Waals surface area contributed by atoms with Crippen molar-refractivity contribution >= 4 is 75.5 Å². The largest absolute Gasteiger partial charge is 0.457 e. The second kappa shape index (κ2) is 10.6. The topological polar surface area (TPSA) is 57.5 Å². The molecule has 4 rings (SSSR count). The summed E-state index contributed by atoms with van der Waals surface area (Å²) >= 11 is 23.8. The van der Waals surface area contributed by atoms with E-state index in [9.17, 15) is 4.79 Å². The third-order valence-corrected chi connectivity index (χ3v) is 6.17. The molecule has 0 aliphatic carbocycles. The zero-order valence-corrected chi connectivity index (χ0v) is 20.5. The molecule has 0 unspecified atom stereocenters. The van der Waals surface area contributed by atoms with Crippen LogP contribution in [0.25, 0.3) is 17.4 Å². The van der Waals surface area contributed by atoms with Gasteiger partial charge in [0.25, 0.3) is 0 Å². The minimum atomic E-state index is -0.394. The van der Waals surface area contributed by atoms with Crippen molar-refractivity contribution in [3.05, 3.63) is 75.4 Å². The standard InChI is InChI=1S/C24H20Cl3N3O2S/c25-15-3-7-18(19(26)13-15)22-9-5-17(32-22)6-10-23(31)29-24(33)28-16-4-8-21(20(27)14-16)30-11-1-2-12-30/h3-10,13-14H,1-2,11-12H2,(H2,28,29,31,33)/b10-6+. The molecule has 3 aromatic rings. The Hall–Kier alpha value is -2.51. The molecule has 170 valence electrons. The van der Waals surface area contributed by atoms with Crippen molar-refractivity contribution in [1.29, 1.82) is 0 Å². The molecule has 2 aromatic carbocycles. The molecule has 1 aliphatic heterocycles. The predicted octanol–water partition coefficient (Wildman–Crippen LogP) is 7.03. The molecule has 1 fully saturated rings. The van der Waals surface area contributed by atoms with Gasteiger partial charge in [0, 0.05) is 35.4 Å². The van der Waals surface area contributed by atoms with Crippen LogP contribution in [-0.2, 0) is 4.79 Å². The van der Waals surface area contributed by atoms with E-state index in [1.54, 1.807) is 42.5 Å². The summed E-state index contributed by atoms with van der Waals surface area (Å²) in [6.45, 7) is 2.02. The molecule has 0 saturated carbocycles. The molecule has 1 amide bonds. The number of nitrogens with zero attached hydrogens (tertiary/aromatic N) is 1. The zero-order valence-electron chi connectivity index (χ0n) is 17.4. The normalized spacial score (nSPS) is 13.5. The van der Waals surface area contributed by atoms with Crippen LogP contribution in [0, 0.1) is 0 Å². The Kier molecular flexibility index (Phi) is 7.60. The van der Waals surface area contributed by atoms with E-state index in [2.05, 4.69) is 15.5 Å². The van der Waals surface area contributed by atoms with Gasteiger partial charge in [-0.2, -0.15) is 0 Å². The molecular formula is C24H20Cl3N3O2S. The summed E-state index contributed by atoms with van der Waals surface area (Å²) in [5, 5.41) is 7.42. The van der Waals surface area contributed by atoms with Crippen molar-refractivity contribution in [2.45, 2.75) is 12.8 Å². The first kappa shape index (κ1) is 23.6. The Balaban J connectivity index is 1.33. The first-order valence-corrected chi connectivity index (χ1v) is 11.8. The van der Waals surface area contributed by atoms with Crippen LogP contribution in [0.1, 0.15) is 18.6 Å². The summed E-state index contributed by atoms with van der Waals surface area (Å²) in [5.74, 6) is 0.673. The van der Waals surface area contributed by atoms with Crippen LogP contribution in [0.5, 0.6) is 0 Å². The molecule has 0 spiro atoms. The Labute approximate surface area is 212 Å². The molecular weight excluding hydrogens is 501 g/mol. The zero-order chi connectivity index (χ0) is 23.4. The maximum absolute atomic E-state index is 12.2. The number of hydrogen-bond acceptors (Lipinski definition) is 4. The molecule has 5 nitrogen and oxygen atoms in total. The average molecular weight is 521 g/mol. The van der Waals surface area contributed by atoms with Gasteiger partial charge in [0.2, 0.25) is 5.91 Å². The van der Waals surface area contributed by atoms with Crippen LogP contribution in [0.15, 0.2) is 59.0 Å². The third-order valence-electron chi connectivity index (χ3n) is 5.11. The monoisotopic (exact) mass is 519 g/mol. The molecule has 0 radical (unpaired) electrons. The smallest absolute Gasteiger partial charge is 0.250 e. The van der Waals surface area contributed by atoms with Gasteiger partial charge in [-0.3, -0.25) is 10.1 Å². The van der Waals surface area contributed by atoms with E-state index in [-0.39, 0.29) is 5.11 Å². The highest BCUT2D eigenvalue weighted by molar-refractivity contribution is 7.80. The molecule has 0 bridgehead atoms. The molecule has 1 aliphatic rings. The van der Waals surface area contributed by atoms with Crippen LogP contribution < -0.4 is 15.5 Å². The summed E-state index contributed by atoms with van der Waals surface area (Å²) in [4.78, 5) is 14.5. The van der Waals surface area contributed by atoms with E-state index in [0.29, 0.717) is 37.8 Å². The molecule has 33 heavy (non-hydrogen) atoms. The molecule has 9 heteroatoms. The van der Waals surface area contributed by atoms with Gasteiger partial charge >= 0.3 is 0 Å². The summed E-state index contributed by atoms with van der Waals surface area (Å²) in [7, 11) is 0. The van der Waals surface area contributed by atoms with Crippen LogP contribution >= 0.6 is 47.0 Å². The molecule has 0 atom stereocenters. The summed E-state index contributed by atoms with van der Waals surface area (Å²) in [6.07, 6.45) is 5.23. The van der Waals surface area contributed by atoms with Gasteiger partial charge in [-0.15, -0.1) is 0 Å². The van der Waals surface area contributed by atoms with Crippen LogP contribution in [0.4, 0.5) is 11.4 Å². The maximum Gasteiger partial charge on any atom is 0.250 e. The minimum Gasteiger partial charge on any atom is -0.457 e. The van der Waals surface area contributed by atoms with Gasteiger partial charge in [0.15, 0.2) is 5.11 Å². The second-order valence-corrected chi connectivity index (χ2v) is 9.12. The summed E-state index contributed by atoms with van der Waals surface area (Å²) in [6, 6.07) is 14.3. The fraction of sp³-hybridized carbons (Fsp3) is 0.167. The number of carbonyl (C=O) groups is 1. The number of rotatable bonds is 5. The Morgan fingerprint density at radius 1 is 1.00 bits per heavy atom. The van der Waals surface area contributed by atoms with E-state index >= 15 is 0 Å². The molecule has 2 heterocycles. The quantitative estimate of drug-likeness (QED) is 0.279. The highest BCUT2D eigenvalue weighted by atomic mass is 35.5. The Morgan fingerprint density at radius 2 is 1.79 bits per heavy atom. The van der Waals surface area contributed by atoms with Gasteiger partial charge in [0.1, 0.15) is 11.5 Å². The SMILES string of the molecule is O=C(/C=C/c1ccc(-c2ccc(Cl)cc2Cl)o1)NC(=S)Nc1ccc(N2CCCC2)c(Cl)c1. The number of nitrogens with one attached hydrogen (secondary N) is 2. The second-order valence-electron chi connectivity index (χ2n) is 7.46. The number of halogens is 3. The fourth-order valence-electron chi connectivity index (χ4n) is 3.55. The van der Waals surface area contributed by atoms with Gasteiger partial charge in [-0.25, -0.2) is 0 Å². The van der Waals surface area contributed by atoms with E-state index in [4.69, 9.17) is 51.4 Å². The number of hydrogen-bond donors (Lipinski definition) is 2. The number of amides is 1. The molecule has 2 N–H and O–H groups in total. The average Bonchev–Trinajstić information content (AvgIpc) is 3.45. The van der Waals surface area contributed by atoms with E-state index < -0.39 is 5.91 Å². The predicted molar refractivity (Wildman–Crippen MR) is 140 cm³/mol. The van der Waals surface area contributed by atoms with Crippen molar-refractivity contribution < 1.29 is 9.21 Å². The van der Waals surface area contributed by atoms with Gasteiger partial charge in [-0.1, -0.05) is 34.8 Å². The highest BCUT2D eigenvalue weighted by Gasteiger charge is 2.15. The van der Waals surface area contributed by atoms with E-state index in [0.717, 1.165) is 18.8 Å². The van der Waals surface area contributed by atoms with Crippen LogP contribution in [0.3, 0.4) is 0 Å². The maximum atomic E-state index is 12.2. The highest BCUT2D eigenvalue weighted by Crippen LogP contribution is 2.32. The lowest BCUT2D eigenvalue weighted by Gasteiger charge is -2.20. The van der Waals surface area contributed by atoms with Crippen molar-refractivity contribution in [2.75, 3.05) is 23.3 Å². The first-order valence-electron chi connectivity index (χ1n) is 10.3. The van der Waals surface area contributed by atoms with Crippen LogP contribution in [0.2, 0.25) is 15.1 Å². The summed E-state index contributed by atoms with van der Waals surface area (Å²) < 4.78 is 5.75. The Bertz CT molecular complexity index is 1220. The number of furan rings is 1. The lowest BCUT2D eigenvalue weighted by Crippen LogP contribution is -2.32. The third kappa shape index (κ3) is 6.09. The van der Waals surface area contributed by atoms with Crippen molar-refractivity contribution in [1.82, 2.24) is 5.32 Å². The van der Waals surface area contributed by atoms with Crippen LogP contribution in [-0.4, -0.2) is 24.1 Å². The Morgan fingerprint density at radius 3 is 2.52 bits per heavy atom. The molecule has 1 saturated heterocycles. The number of anilines is 2. The lowest BCUT2D eigenvalue weighted by molar-refractivity contribution is -0.115. The van der Waals surface area contributed by atoms with Gasteiger partial charge in [0.05, 0.1) is 15.7 Å². The van der Waals surface area contributed by atoms with E-state index in [1.165, 1.54) is 18.9 Å². The first-order chi connectivity index (χ1) is 15.9. The lowest BCUT2D eigenvalue weighted by atomic mass is 10.2. The van der Waals surface area contributed by atoms with Crippen molar-refractivity contribution in [3.8, 4) is 11.3 Å². The fourth-order valence-corrected chi connectivity index (χ4v) is 4.57. The van der Waals surface area contributed by atoms with Crippen molar-refractivity contribution in [2.24, 2.45) is 0 Å². The minimum absolute atomic E-state index is 0.169. The number of benzene rings is 2. The van der Waals surface area contributed by atoms with Gasteiger partial charge < -0.3 is 14.6 Å². The number of thiocarbonyl (C=S) groups is 1. The van der Waals surface area contributed by atoms with Gasteiger partial charge in [-0.05, 0) is 79.7 Å². The molecule has 1 aromatic heterocycles. The number of carbonyl (C=O) groups excluding carboxylic acids is 1. The van der Waals surface area contributed by atoms with Crippen molar-refractivity contribution in [3.63, 3.8) is 0 Å². The summed E-state index contributed by atoms with van der Waals surface area (Å²) in [5.41, 5.74) is 2.42. The van der Waals surface area contributed by atoms with E-state index in [1.807, 2.05) is 12.1 Å².